The maximum atomic E-state index is 12.8. The average Bonchev–Trinajstić information content (AvgIpc) is 3.20. The molecule has 1 fully saturated rings. The molecule has 0 aromatic carbocycles. The van der Waals surface area contributed by atoms with Crippen molar-refractivity contribution < 1.29 is 9.21 Å². The minimum atomic E-state index is -0.0797. The van der Waals surface area contributed by atoms with Crippen LogP contribution < -0.4 is 0 Å². The highest BCUT2D eigenvalue weighted by molar-refractivity contribution is 7.99. The number of nitrogens with zero attached hydrogens (tertiary/aromatic N) is 3. The van der Waals surface area contributed by atoms with E-state index in [4.69, 9.17) is 16.0 Å². The molecule has 118 valence electrons. The summed E-state index contributed by atoms with van der Waals surface area (Å²) in [5.41, 5.74) is 0. The molecule has 0 saturated carbocycles. The van der Waals surface area contributed by atoms with Crippen LogP contribution in [-0.4, -0.2) is 44.5 Å². The molecule has 1 aliphatic rings. The topological polar surface area (TPSA) is 51.3 Å². The van der Waals surface area contributed by atoms with Crippen LogP contribution in [0.4, 0.5) is 0 Å². The molecule has 0 radical (unpaired) electrons. The summed E-state index contributed by atoms with van der Waals surface area (Å²) in [5.74, 6) is 2.43. The molecule has 22 heavy (non-hydrogen) atoms. The first-order valence-electron chi connectivity index (χ1n) is 7.34. The highest BCUT2D eigenvalue weighted by Gasteiger charge is 2.28. The van der Waals surface area contributed by atoms with E-state index in [0.29, 0.717) is 12.3 Å². The zero-order valence-corrected chi connectivity index (χ0v) is 13.7. The monoisotopic (exact) mass is 339 g/mol. The van der Waals surface area contributed by atoms with Crippen LogP contribution in [0.1, 0.15) is 23.4 Å². The Hall–Kier alpha value is -1.40. The molecule has 0 bridgehead atoms. The summed E-state index contributed by atoms with van der Waals surface area (Å²) in [6.45, 7) is 1.37. The summed E-state index contributed by atoms with van der Waals surface area (Å²) >= 11 is 7.75. The standard InChI is InChI=1S/C15H18ClN3O2S/c16-14-2-1-13(21-14)15(20)19(12-3-9-22-10-4-12)8-7-18-6-5-17-11-18/h1-2,5-6,11-12H,3-4,7-10H2. The molecule has 1 saturated heterocycles. The van der Waals surface area contributed by atoms with E-state index in [9.17, 15) is 4.79 Å². The number of furan rings is 1. The van der Waals surface area contributed by atoms with Crippen LogP contribution in [0.5, 0.6) is 0 Å². The molecule has 3 rings (SSSR count). The number of aromatic nitrogens is 2. The predicted octanol–water partition coefficient (Wildman–Crippen LogP) is 3.17. The van der Waals surface area contributed by atoms with Crippen LogP contribution in [0, 0.1) is 0 Å². The van der Waals surface area contributed by atoms with Crippen molar-refractivity contribution in [1.82, 2.24) is 14.5 Å². The fourth-order valence-corrected chi connectivity index (χ4v) is 3.89. The SMILES string of the molecule is O=C(c1ccc(Cl)o1)N(CCn1ccnc1)C1CCSCC1. The number of halogens is 1. The van der Waals surface area contributed by atoms with Crippen LogP contribution >= 0.6 is 23.4 Å². The Morgan fingerprint density at radius 2 is 2.27 bits per heavy atom. The number of rotatable bonds is 5. The molecule has 7 heteroatoms. The van der Waals surface area contributed by atoms with Gasteiger partial charge in [-0.1, -0.05) is 0 Å². The van der Waals surface area contributed by atoms with Crippen molar-refractivity contribution in [2.45, 2.75) is 25.4 Å². The third-order valence-electron chi connectivity index (χ3n) is 3.83. The lowest BCUT2D eigenvalue weighted by molar-refractivity contribution is 0.0626. The van der Waals surface area contributed by atoms with Gasteiger partial charge in [-0.15, -0.1) is 0 Å². The van der Waals surface area contributed by atoms with E-state index in [1.165, 1.54) is 0 Å². The number of imidazole rings is 1. The Kier molecular flexibility index (Phi) is 5.10. The molecule has 5 nitrogen and oxygen atoms in total. The van der Waals surface area contributed by atoms with Crippen molar-refractivity contribution in [1.29, 1.82) is 0 Å². The highest BCUT2D eigenvalue weighted by Crippen LogP contribution is 2.24. The Labute approximate surface area is 138 Å². The summed E-state index contributed by atoms with van der Waals surface area (Å²) in [6, 6.07) is 3.52. The molecule has 2 aromatic heterocycles. The Morgan fingerprint density at radius 1 is 1.45 bits per heavy atom. The lowest BCUT2D eigenvalue weighted by atomic mass is 10.1. The van der Waals surface area contributed by atoms with Gasteiger partial charge in [-0.05, 0) is 48.1 Å². The normalized spacial score (nSPS) is 15.9. The van der Waals surface area contributed by atoms with E-state index in [1.807, 2.05) is 27.4 Å². The molecule has 0 N–H and O–H groups in total. The van der Waals surface area contributed by atoms with Gasteiger partial charge in [-0.2, -0.15) is 11.8 Å². The molecule has 2 aromatic rings. The zero-order chi connectivity index (χ0) is 15.4. The lowest BCUT2D eigenvalue weighted by Gasteiger charge is -2.33. The van der Waals surface area contributed by atoms with Crippen LogP contribution in [0.2, 0.25) is 5.22 Å². The Bertz CT molecular complexity index is 608. The van der Waals surface area contributed by atoms with Crippen molar-refractivity contribution in [2.24, 2.45) is 0 Å². The largest absolute Gasteiger partial charge is 0.440 e. The van der Waals surface area contributed by atoms with Gasteiger partial charge in [0.05, 0.1) is 6.33 Å². The van der Waals surface area contributed by atoms with Gasteiger partial charge in [0.25, 0.3) is 5.91 Å². The van der Waals surface area contributed by atoms with Gasteiger partial charge in [0.2, 0.25) is 0 Å². The first-order valence-corrected chi connectivity index (χ1v) is 8.87. The summed E-state index contributed by atoms with van der Waals surface area (Å²) in [5, 5.41) is 0.247. The van der Waals surface area contributed by atoms with Gasteiger partial charge >= 0.3 is 0 Å². The summed E-state index contributed by atoms with van der Waals surface area (Å²) < 4.78 is 7.28. The number of carbonyl (C=O) groups is 1. The Morgan fingerprint density at radius 3 is 2.91 bits per heavy atom. The molecule has 3 heterocycles. The summed E-state index contributed by atoms with van der Waals surface area (Å²) in [7, 11) is 0. The molecule has 0 unspecified atom stereocenters. The lowest BCUT2D eigenvalue weighted by Crippen LogP contribution is -2.43. The average molecular weight is 340 g/mol. The van der Waals surface area contributed by atoms with E-state index in [2.05, 4.69) is 4.98 Å². The van der Waals surface area contributed by atoms with E-state index < -0.39 is 0 Å². The second kappa shape index (κ2) is 7.24. The number of thioether (sulfide) groups is 1. The minimum absolute atomic E-state index is 0.0797. The van der Waals surface area contributed by atoms with Gasteiger partial charge in [-0.25, -0.2) is 4.98 Å². The Balaban J connectivity index is 1.73. The maximum absolute atomic E-state index is 12.8. The molecule has 1 amide bonds. The molecule has 0 atom stereocenters. The van der Waals surface area contributed by atoms with Gasteiger partial charge in [0.1, 0.15) is 0 Å². The first kappa shape index (κ1) is 15.5. The van der Waals surface area contributed by atoms with Crippen molar-refractivity contribution in [3.63, 3.8) is 0 Å². The smallest absolute Gasteiger partial charge is 0.289 e. The predicted molar refractivity (Wildman–Crippen MR) is 87.3 cm³/mol. The molecular weight excluding hydrogens is 322 g/mol. The first-order chi connectivity index (χ1) is 10.7. The second-order valence-electron chi connectivity index (χ2n) is 5.25. The molecule has 0 aliphatic carbocycles. The van der Waals surface area contributed by atoms with Crippen LogP contribution in [0.15, 0.2) is 35.3 Å². The summed E-state index contributed by atoms with van der Waals surface area (Å²) in [4.78, 5) is 18.7. The summed E-state index contributed by atoms with van der Waals surface area (Å²) in [6.07, 6.45) is 7.46. The van der Waals surface area contributed by atoms with Gasteiger partial charge in [0.15, 0.2) is 11.0 Å². The number of hydrogen-bond acceptors (Lipinski definition) is 4. The molecule has 1 aliphatic heterocycles. The van der Waals surface area contributed by atoms with Crippen LogP contribution in [0.25, 0.3) is 0 Å². The van der Waals surface area contributed by atoms with Crippen LogP contribution in [0.3, 0.4) is 0 Å². The zero-order valence-electron chi connectivity index (χ0n) is 12.2. The van der Waals surface area contributed by atoms with Gasteiger partial charge < -0.3 is 13.9 Å². The van der Waals surface area contributed by atoms with Crippen molar-refractivity contribution in [3.8, 4) is 0 Å². The number of hydrogen-bond donors (Lipinski definition) is 0. The highest BCUT2D eigenvalue weighted by atomic mass is 35.5. The molecule has 0 spiro atoms. The quantitative estimate of drug-likeness (QED) is 0.839. The van der Waals surface area contributed by atoms with E-state index in [0.717, 1.165) is 30.9 Å². The van der Waals surface area contributed by atoms with Crippen molar-refractivity contribution in [3.05, 3.63) is 41.8 Å². The van der Waals surface area contributed by atoms with Crippen molar-refractivity contribution in [2.75, 3.05) is 18.1 Å². The second-order valence-corrected chi connectivity index (χ2v) is 6.84. The fraction of sp³-hybridized carbons (Fsp3) is 0.467. The number of carbonyl (C=O) groups excluding carboxylic acids is 1. The fourth-order valence-electron chi connectivity index (χ4n) is 2.66. The third kappa shape index (κ3) is 3.67. The van der Waals surface area contributed by atoms with Gasteiger partial charge in [0, 0.05) is 31.5 Å². The minimum Gasteiger partial charge on any atom is -0.440 e. The van der Waals surface area contributed by atoms with E-state index >= 15 is 0 Å². The van der Waals surface area contributed by atoms with E-state index in [-0.39, 0.29) is 17.2 Å². The van der Waals surface area contributed by atoms with Crippen molar-refractivity contribution >= 4 is 29.3 Å². The van der Waals surface area contributed by atoms with Crippen LogP contribution in [-0.2, 0) is 6.54 Å². The maximum Gasteiger partial charge on any atom is 0.289 e. The molecular formula is C15H18ClN3O2S. The van der Waals surface area contributed by atoms with Gasteiger partial charge in [-0.3, -0.25) is 4.79 Å². The number of amides is 1. The third-order valence-corrected chi connectivity index (χ3v) is 5.09. The van der Waals surface area contributed by atoms with E-state index in [1.54, 1.807) is 24.7 Å².